The number of hydrogen-bond donors (Lipinski definition) is 2. The van der Waals surface area contributed by atoms with E-state index in [4.69, 9.17) is 9.72 Å². The molecular weight excluding hydrogens is 324 g/mol. The fourth-order valence-corrected chi connectivity index (χ4v) is 3.28. The number of nitrogens with one attached hydrogen (secondary N) is 1. The third-order valence-electron chi connectivity index (χ3n) is 4.52. The minimum Gasteiger partial charge on any atom is -0.494 e. The molecule has 0 aliphatic heterocycles. The van der Waals surface area contributed by atoms with Crippen LogP contribution in [0, 0.1) is 6.92 Å². The number of pyridine rings is 1. The third-order valence-corrected chi connectivity index (χ3v) is 4.52. The number of aromatic nitrogens is 1. The number of methoxy groups -OCH3 is 1. The molecule has 0 atom stereocenters. The van der Waals surface area contributed by atoms with Gasteiger partial charge in [0.25, 0.3) is 0 Å². The molecule has 4 nitrogen and oxygen atoms in total. The van der Waals surface area contributed by atoms with Crippen LogP contribution >= 0.6 is 0 Å². The van der Waals surface area contributed by atoms with Gasteiger partial charge in [-0.25, -0.2) is 4.98 Å². The Bertz CT molecular complexity index is 1090. The Morgan fingerprint density at radius 2 is 1.81 bits per heavy atom. The molecule has 0 spiro atoms. The minimum atomic E-state index is -0.115. The molecule has 0 radical (unpaired) electrons. The van der Waals surface area contributed by atoms with Crippen molar-refractivity contribution in [3.05, 3.63) is 71.8 Å². The minimum absolute atomic E-state index is 0.115. The lowest BCUT2D eigenvalue weighted by Gasteiger charge is -2.17. The summed E-state index contributed by atoms with van der Waals surface area (Å²) >= 11 is 0. The first-order valence-corrected chi connectivity index (χ1v) is 8.53. The summed E-state index contributed by atoms with van der Waals surface area (Å²) in [5.41, 5.74) is 5.42. The predicted molar refractivity (Wildman–Crippen MR) is 106 cm³/mol. The number of benzene rings is 3. The van der Waals surface area contributed by atoms with Crippen LogP contribution in [0.2, 0.25) is 0 Å². The molecular formula is C22H20N2O2. The van der Waals surface area contributed by atoms with Gasteiger partial charge in [-0.15, -0.1) is 0 Å². The lowest BCUT2D eigenvalue weighted by molar-refractivity contribution is 0.274. The van der Waals surface area contributed by atoms with E-state index in [0.717, 1.165) is 33.2 Å². The number of anilines is 2. The average molecular weight is 344 g/mol. The van der Waals surface area contributed by atoms with Crippen molar-refractivity contribution >= 4 is 33.2 Å². The molecule has 2 N–H and O–H groups in total. The lowest BCUT2D eigenvalue weighted by Crippen LogP contribution is -2.01. The average Bonchev–Trinajstić information content (AvgIpc) is 2.67. The van der Waals surface area contributed by atoms with Crippen molar-refractivity contribution in [1.82, 2.24) is 4.98 Å². The molecule has 1 aromatic heterocycles. The van der Waals surface area contributed by atoms with Crippen molar-refractivity contribution in [3.63, 3.8) is 0 Å². The second kappa shape index (κ2) is 6.65. The van der Waals surface area contributed by atoms with Gasteiger partial charge >= 0.3 is 0 Å². The fraction of sp³-hybridized carbons (Fsp3) is 0.136. The first kappa shape index (κ1) is 16.4. The number of para-hydroxylation sites is 1. The standard InChI is InChI=1S/C22H20N2O2/c1-14-8-9-19-15(10-14)11-18-20(24-19)12-16(13-25)22(26-2)21(18)23-17-6-4-3-5-7-17/h3-12,23,25H,13H2,1-2H3. The second-order valence-corrected chi connectivity index (χ2v) is 6.34. The zero-order chi connectivity index (χ0) is 18.1. The van der Waals surface area contributed by atoms with E-state index in [-0.39, 0.29) is 6.61 Å². The molecule has 130 valence electrons. The number of aliphatic hydroxyl groups excluding tert-OH is 1. The molecule has 0 saturated heterocycles. The molecule has 1 heterocycles. The number of aryl methyl sites for hydroxylation is 1. The number of ether oxygens (including phenoxy) is 1. The number of fused-ring (bicyclic) bond motifs is 2. The van der Waals surface area contributed by atoms with Gasteiger partial charge in [-0.3, -0.25) is 0 Å². The van der Waals surface area contributed by atoms with Crippen molar-refractivity contribution in [2.75, 3.05) is 12.4 Å². The number of rotatable bonds is 4. The quantitative estimate of drug-likeness (QED) is 0.515. The number of hydrogen-bond acceptors (Lipinski definition) is 4. The van der Waals surface area contributed by atoms with Gasteiger partial charge in [-0.1, -0.05) is 29.8 Å². The molecule has 3 aromatic carbocycles. The van der Waals surface area contributed by atoms with Gasteiger partial charge in [0.2, 0.25) is 0 Å². The Balaban J connectivity index is 2.03. The highest BCUT2D eigenvalue weighted by Crippen LogP contribution is 2.39. The highest BCUT2D eigenvalue weighted by atomic mass is 16.5. The van der Waals surface area contributed by atoms with Crippen LogP contribution in [0.3, 0.4) is 0 Å². The van der Waals surface area contributed by atoms with Gasteiger partial charge in [-0.05, 0) is 43.3 Å². The van der Waals surface area contributed by atoms with Crippen molar-refractivity contribution in [2.24, 2.45) is 0 Å². The van der Waals surface area contributed by atoms with Gasteiger partial charge < -0.3 is 15.2 Å². The zero-order valence-electron chi connectivity index (χ0n) is 14.8. The summed E-state index contributed by atoms with van der Waals surface area (Å²) in [4.78, 5) is 4.80. The smallest absolute Gasteiger partial charge is 0.148 e. The van der Waals surface area contributed by atoms with E-state index in [1.165, 1.54) is 5.56 Å². The lowest BCUT2D eigenvalue weighted by atomic mass is 10.0. The van der Waals surface area contributed by atoms with E-state index < -0.39 is 0 Å². The van der Waals surface area contributed by atoms with Gasteiger partial charge in [0.15, 0.2) is 0 Å². The summed E-state index contributed by atoms with van der Waals surface area (Å²) in [5, 5.41) is 15.3. The molecule has 0 amide bonds. The molecule has 26 heavy (non-hydrogen) atoms. The van der Waals surface area contributed by atoms with Crippen LogP contribution < -0.4 is 10.1 Å². The second-order valence-electron chi connectivity index (χ2n) is 6.34. The van der Waals surface area contributed by atoms with Gasteiger partial charge in [0.1, 0.15) is 5.75 Å². The Hall–Kier alpha value is -3.11. The summed E-state index contributed by atoms with van der Waals surface area (Å²) in [6, 6.07) is 20.1. The molecule has 0 aliphatic carbocycles. The Kier molecular flexibility index (Phi) is 4.19. The van der Waals surface area contributed by atoms with Crippen molar-refractivity contribution in [3.8, 4) is 5.75 Å². The van der Waals surface area contributed by atoms with Gasteiger partial charge in [-0.2, -0.15) is 0 Å². The van der Waals surface area contributed by atoms with Crippen LogP contribution in [0.5, 0.6) is 5.75 Å². The SMILES string of the molecule is COc1c(CO)cc2nc3ccc(C)cc3cc2c1Nc1ccccc1. The zero-order valence-corrected chi connectivity index (χ0v) is 14.8. The highest BCUT2D eigenvalue weighted by molar-refractivity contribution is 6.03. The normalized spacial score (nSPS) is 11.0. The molecule has 4 aromatic rings. The van der Waals surface area contributed by atoms with Gasteiger partial charge in [0.05, 0.1) is 30.4 Å². The Labute approximate surface area is 152 Å². The van der Waals surface area contributed by atoms with Crippen LogP contribution in [-0.2, 0) is 6.61 Å². The van der Waals surface area contributed by atoms with Crippen LogP contribution in [0.4, 0.5) is 11.4 Å². The maximum atomic E-state index is 9.81. The molecule has 0 saturated carbocycles. The maximum absolute atomic E-state index is 9.81. The van der Waals surface area contributed by atoms with E-state index in [9.17, 15) is 5.11 Å². The first-order valence-electron chi connectivity index (χ1n) is 8.53. The van der Waals surface area contributed by atoms with E-state index in [2.05, 4.69) is 30.4 Å². The summed E-state index contributed by atoms with van der Waals surface area (Å²) < 4.78 is 5.63. The number of nitrogens with zero attached hydrogens (tertiary/aromatic N) is 1. The van der Waals surface area contributed by atoms with E-state index in [1.54, 1.807) is 7.11 Å². The molecule has 0 unspecified atom stereocenters. The third kappa shape index (κ3) is 2.85. The molecule has 4 rings (SSSR count). The van der Waals surface area contributed by atoms with Crippen LogP contribution in [0.25, 0.3) is 21.8 Å². The largest absolute Gasteiger partial charge is 0.494 e. The number of aliphatic hydroxyl groups is 1. The predicted octanol–water partition coefficient (Wildman–Crippen LogP) is 4.94. The topological polar surface area (TPSA) is 54.4 Å². The van der Waals surface area contributed by atoms with Crippen molar-refractivity contribution in [1.29, 1.82) is 0 Å². The monoisotopic (exact) mass is 344 g/mol. The van der Waals surface area contributed by atoms with Crippen molar-refractivity contribution in [2.45, 2.75) is 13.5 Å². The summed E-state index contributed by atoms with van der Waals surface area (Å²) in [5.74, 6) is 0.637. The van der Waals surface area contributed by atoms with Crippen molar-refractivity contribution < 1.29 is 9.84 Å². The molecule has 0 fully saturated rings. The van der Waals surface area contributed by atoms with E-state index >= 15 is 0 Å². The van der Waals surface area contributed by atoms with E-state index in [1.807, 2.05) is 42.5 Å². The van der Waals surface area contributed by atoms with E-state index in [0.29, 0.717) is 11.3 Å². The Morgan fingerprint density at radius 3 is 2.54 bits per heavy atom. The fourth-order valence-electron chi connectivity index (χ4n) is 3.28. The highest BCUT2D eigenvalue weighted by Gasteiger charge is 2.16. The van der Waals surface area contributed by atoms with Crippen LogP contribution in [0.1, 0.15) is 11.1 Å². The molecule has 0 aliphatic rings. The summed E-state index contributed by atoms with van der Waals surface area (Å²) in [7, 11) is 1.62. The van der Waals surface area contributed by atoms with Crippen LogP contribution in [0.15, 0.2) is 60.7 Å². The molecule has 4 heteroatoms. The summed E-state index contributed by atoms with van der Waals surface area (Å²) in [6.45, 7) is 1.96. The Morgan fingerprint density at radius 1 is 1.00 bits per heavy atom. The maximum Gasteiger partial charge on any atom is 0.148 e. The van der Waals surface area contributed by atoms with Crippen LogP contribution in [-0.4, -0.2) is 17.2 Å². The molecule has 0 bridgehead atoms. The van der Waals surface area contributed by atoms with Gasteiger partial charge in [0, 0.05) is 22.0 Å². The first-order chi connectivity index (χ1) is 12.7. The summed E-state index contributed by atoms with van der Waals surface area (Å²) in [6.07, 6.45) is 0.